The van der Waals surface area contributed by atoms with Gasteiger partial charge in [-0.15, -0.1) is 0 Å². The van der Waals surface area contributed by atoms with Crippen molar-refractivity contribution in [2.45, 2.75) is 59.4 Å². The molecule has 0 aliphatic carbocycles. The smallest absolute Gasteiger partial charge is 0.218 e. The molecule has 103 valence electrons. The summed E-state index contributed by atoms with van der Waals surface area (Å²) in [7, 11) is 9.28. The molecule has 0 aliphatic heterocycles. The maximum atomic E-state index is 9.74. The predicted molar refractivity (Wildman–Crippen MR) is 78.8 cm³/mol. The summed E-state index contributed by atoms with van der Waals surface area (Å²) in [5.74, 6) is 0. The molecular formula is C13H28B2NO2. The van der Waals surface area contributed by atoms with Crippen LogP contribution in [0.25, 0.3) is 0 Å². The van der Waals surface area contributed by atoms with Gasteiger partial charge in [-0.05, 0) is 23.2 Å². The van der Waals surface area contributed by atoms with Gasteiger partial charge in [0.05, 0.1) is 14.1 Å². The maximum absolute atomic E-state index is 9.74. The fourth-order valence-corrected chi connectivity index (χ4v) is 1.99. The molecule has 3 nitrogen and oxygen atoms in total. The third kappa shape index (κ3) is 3.52. The Balaban J connectivity index is 5.02. The molecule has 0 aromatic heterocycles. The Morgan fingerprint density at radius 2 is 1.61 bits per heavy atom. The molecule has 0 aromatic carbocycles. The summed E-state index contributed by atoms with van der Waals surface area (Å²) in [6, 6.07) is 0. The molecular weight excluding hydrogens is 224 g/mol. The summed E-state index contributed by atoms with van der Waals surface area (Å²) < 4.78 is 0. The van der Waals surface area contributed by atoms with E-state index >= 15 is 0 Å². The number of hydrogen-bond acceptors (Lipinski definition) is 3. The number of aliphatic hydroxyl groups excluding tert-OH is 2. The largest absolute Gasteiger partial charge is 0.396 e. The molecule has 0 amide bonds. The zero-order valence-corrected chi connectivity index (χ0v) is 13.0. The highest BCUT2D eigenvalue weighted by atomic mass is 16.3. The van der Waals surface area contributed by atoms with Gasteiger partial charge in [0, 0.05) is 6.61 Å². The van der Waals surface area contributed by atoms with Crippen molar-refractivity contribution < 1.29 is 10.2 Å². The summed E-state index contributed by atoms with van der Waals surface area (Å²) in [5, 5.41) is 19.1. The van der Waals surface area contributed by atoms with E-state index in [0.29, 0.717) is 0 Å². The second kappa shape index (κ2) is 5.98. The van der Waals surface area contributed by atoms with E-state index in [1.807, 2.05) is 14.5 Å². The first-order valence-electron chi connectivity index (χ1n) is 6.50. The highest BCUT2D eigenvalue weighted by Crippen LogP contribution is 2.55. The van der Waals surface area contributed by atoms with Crippen LogP contribution in [0.5, 0.6) is 0 Å². The lowest BCUT2D eigenvalue weighted by atomic mass is 9.43. The van der Waals surface area contributed by atoms with Gasteiger partial charge in [-0.1, -0.05) is 47.9 Å². The lowest BCUT2D eigenvalue weighted by Crippen LogP contribution is -2.50. The van der Waals surface area contributed by atoms with E-state index in [2.05, 4.69) is 41.5 Å². The van der Waals surface area contributed by atoms with Crippen molar-refractivity contribution in [3.8, 4) is 0 Å². The van der Waals surface area contributed by atoms with Gasteiger partial charge in [0.2, 0.25) is 7.41 Å². The molecule has 2 N–H and O–H groups in total. The highest BCUT2D eigenvalue weighted by molar-refractivity contribution is 6.37. The Morgan fingerprint density at radius 3 is 1.94 bits per heavy atom. The van der Waals surface area contributed by atoms with Crippen LogP contribution in [0, 0.1) is 10.8 Å². The molecule has 0 saturated carbocycles. The van der Waals surface area contributed by atoms with Crippen LogP contribution in [0.1, 0.15) is 41.5 Å². The minimum Gasteiger partial charge on any atom is -0.396 e. The third-order valence-corrected chi connectivity index (χ3v) is 4.91. The zero-order valence-electron chi connectivity index (χ0n) is 13.0. The van der Waals surface area contributed by atoms with Gasteiger partial charge in [-0.25, -0.2) is 0 Å². The molecule has 0 fully saturated rings. The molecule has 5 heteroatoms. The van der Waals surface area contributed by atoms with Gasteiger partial charge in [-0.2, -0.15) is 0 Å². The average Bonchev–Trinajstić information content (AvgIpc) is 2.26. The first-order chi connectivity index (χ1) is 7.93. The maximum Gasteiger partial charge on any atom is 0.218 e. The fourth-order valence-electron chi connectivity index (χ4n) is 1.99. The van der Waals surface area contributed by atoms with Gasteiger partial charge in [0.15, 0.2) is 0 Å². The van der Waals surface area contributed by atoms with E-state index in [4.69, 9.17) is 7.85 Å². The Labute approximate surface area is 115 Å². The van der Waals surface area contributed by atoms with Crippen molar-refractivity contribution in [2.24, 2.45) is 10.8 Å². The standard InChI is InChI=1S/C13H28B2NO2/c1-11(2,9-17)12(3,4)13(5,6)15-16(7)10(18)8-14/h10,17-18H,8-9H2,1-7H3. The van der Waals surface area contributed by atoms with Gasteiger partial charge in [0.1, 0.15) is 0 Å². The van der Waals surface area contributed by atoms with Gasteiger partial charge >= 0.3 is 0 Å². The van der Waals surface area contributed by atoms with Crippen LogP contribution in [0.3, 0.4) is 0 Å². The van der Waals surface area contributed by atoms with E-state index in [1.54, 1.807) is 4.81 Å². The van der Waals surface area contributed by atoms with E-state index < -0.39 is 6.23 Å². The van der Waals surface area contributed by atoms with E-state index in [9.17, 15) is 10.2 Å². The van der Waals surface area contributed by atoms with Crippen molar-refractivity contribution in [3.05, 3.63) is 0 Å². The number of hydrogen-bond donors (Lipinski definition) is 2. The molecule has 18 heavy (non-hydrogen) atoms. The average molecular weight is 252 g/mol. The second-order valence-corrected chi connectivity index (χ2v) is 6.90. The first kappa shape index (κ1) is 18.0. The molecule has 0 rings (SSSR count). The lowest BCUT2D eigenvalue weighted by Gasteiger charge is -2.52. The van der Waals surface area contributed by atoms with Gasteiger partial charge < -0.3 is 15.0 Å². The van der Waals surface area contributed by atoms with Crippen molar-refractivity contribution in [2.75, 3.05) is 13.7 Å². The van der Waals surface area contributed by atoms with Crippen molar-refractivity contribution in [3.63, 3.8) is 0 Å². The quantitative estimate of drug-likeness (QED) is 0.535. The number of nitrogens with zero attached hydrogens (tertiary/aromatic N) is 1. The molecule has 1 unspecified atom stereocenters. The van der Waals surface area contributed by atoms with E-state index in [1.165, 1.54) is 0 Å². The van der Waals surface area contributed by atoms with E-state index in [-0.39, 0.29) is 29.1 Å². The normalized spacial score (nSPS) is 15.9. The number of aliphatic hydroxyl groups is 2. The Morgan fingerprint density at radius 1 is 1.17 bits per heavy atom. The summed E-state index contributed by atoms with van der Waals surface area (Å²) >= 11 is 0. The minimum absolute atomic E-state index is 0.125. The van der Waals surface area contributed by atoms with Crippen LogP contribution in [-0.2, 0) is 0 Å². The van der Waals surface area contributed by atoms with Crippen LogP contribution in [-0.4, -0.2) is 50.2 Å². The SMILES string of the molecule is [B]CC(O)N(C)[B]C(C)(C)C(C)(C)C(C)(C)CO. The van der Waals surface area contributed by atoms with Crippen molar-refractivity contribution in [1.82, 2.24) is 4.81 Å². The first-order valence-corrected chi connectivity index (χ1v) is 6.50. The van der Waals surface area contributed by atoms with Crippen LogP contribution < -0.4 is 0 Å². The zero-order chi connectivity index (χ0) is 14.8. The monoisotopic (exact) mass is 252 g/mol. The summed E-state index contributed by atoms with van der Waals surface area (Å²) in [5.41, 5.74) is -0.362. The summed E-state index contributed by atoms with van der Waals surface area (Å²) in [6.07, 6.45) is -0.468. The topological polar surface area (TPSA) is 43.7 Å². The number of rotatable bonds is 7. The van der Waals surface area contributed by atoms with Gasteiger partial charge in [-0.3, -0.25) is 0 Å². The highest BCUT2D eigenvalue weighted by Gasteiger charge is 2.48. The molecule has 0 heterocycles. The lowest BCUT2D eigenvalue weighted by molar-refractivity contribution is 0.00362. The summed E-state index contributed by atoms with van der Waals surface area (Å²) in [4.78, 5) is 1.75. The minimum atomic E-state index is -0.669. The van der Waals surface area contributed by atoms with E-state index in [0.717, 1.165) is 0 Å². The molecule has 0 spiro atoms. The Hall–Kier alpha value is 0.00987. The van der Waals surface area contributed by atoms with Crippen LogP contribution in [0.2, 0.25) is 11.6 Å². The van der Waals surface area contributed by atoms with Crippen LogP contribution in [0.4, 0.5) is 0 Å². The molecule has 0 aromatic rings. The van der Waals surface area contributed by atoms with Crippen molar-refractivity contribution in [1.29, 1.82) is 0 Å². The van der Waals surface area contributed by atoms with Crippen molar-refractivity contribution >= 4 is 15.3 Å². The van der Waals surface area contributed by atoms with Crippen LogP contribution >= 0.6 is 0 Å². The molecule has 0 aliphatic rings. The molecule has 3 radical (unpaired) electrons. The Bertz CT molecular complexity index is 268. The second-order valence-electron chi connectivity index (χ2n) is 6.90. The molecule has 0 bridgehead atoms. The predicted octanol–water partition coefficient (Wildman–Crippen LogP) is 1.69. The molecule has 0 saturated heterocycles. The van der Waals surface area contributed by atoms with Crippen LogP contribution in [0.15, 0.2) is 0 Å². The van der Waals surface area contributed by atoms with Gasteiger partial charge in [0.25, 0.3) is 0 Å². The molecule has 1 atom stereocenters. The fraction of sp³-hybridized carbons (Fsp3) is 1.00. The summed E-state index contributed by atoms with van der Waals surface area (Å²) in [6.45, 7) is 12.8. The third-order valence-electron chi connectivity index (χ3n) is 4.91. The Kier molecular flexibility index (Phi) is 5.98.